The third-order valence-electron chi connectivity index (χ3n) is 15.6. The van der Waals surface area contributed by atoms with E-state index in [4.69, 9.17) is 14.2 Å². The van der Waals surface area contributed by atoms with Crippen LogP contribution in [0.3, 0.4) is 0 Å². The molecule has 1 atom stereocenters. The minimum absolute atomic E-state index is 0.0800. The van der Waals surface area contributed by atoms with Gasteiger partial charge in [-0.3, -0.25) is 14.4 Å². The molecule has 474 valence electrons. The van der Waals surface area contributed by atoms with Crippen LogP contribution in [-0.4, -0.2) is 37.2 Å². The Morgan fingerprint density at radius 2 is 0.476 bits per heavy atom. The fourth-order valence-electron chi connectivity index (χ4n) is 10.3. The van der Waals surface area contributed by atoms with Gasteiger partial charge >= 0.3 is 17.9 Å². The van der Waals surface area contributed by atoms with E-state index < -0.39 is 6.10 Å². The number of ether oxygens (including phenoxy) is 3. The van der Waals surface area contributed by atoms with E-state index in [1.54, 1.807) is 0 Å². The van der Waals surface area contributed by atoms with Gasteiger partial charge in [-0.25, -0.2) is 0 Å². The summed E-state index contributed by atoms with van der Waals surface area (Å²) in [6.45, 7) is 6.55. The average Bonchev–Trinajstić information content (AvgIpc) is 3.48. The molecule has 0 fully saturated rings. The van der Waals surface area contributed by atoms with E-state index in [1.807, 2.05) is 0 Å². The van der Waals surface area contributed by atoms with Crippen molar-refractivity contribution in [1.82, 2.24) is 0 Å². The second-order valence-corrected chi connectivity index (χ2v) is 23.8. The second-order valence-electron chi connectivity index (χ2n) is 23.8. The molecule has 1 unspecified atom stereocenters. The summed E-state index contributed by atoms with van der Waals surface area (Å²) >= 11 is 0. The zero-order valence-corrected chi connectivity index (χ0v) is 54.5. The molecule has 0 saturated heterocycles. The molecule has 0 rings (SSSR count). The van der Waals surface area contributed by atoms with Gasteiger partial charge in [-0.05, 0) is 96.3 Å². The molecule has 0 N–H and O–H groups in total. The van der Waals surface area contributed by atoms with Gasteiger partial charge < -0.3 is 14.2 Å². The highest BCUT2D eigenvalue weighted by Crippen LogP contribution is 2.18. The second kappa shape index (κ2) is 70.1. The maximum Gasteiger partial charge on any atom is 0.306 e. The van der Waals surface area contributed by atoms with Gasteiger partial charge in [-0.2, -0.15) is 0 Å². The van der Waals surface area contributed by atoms with Gasteiger partial charge in [0.15, 0.2) is 6.10 Å². The minimum Gasteiger partial charge on any atom is -0.462 e. The van der Waals surface area contributed by atoms with E-state index in [0.29, 0.717) is 19.3 Å². The van der Waals surface area contributed by atoms with Crippen LogP contribution in [0.2, 0.25) is 0 Å². The number of unbranched alkanes of at least 4 members (excludes halogenated alkanes) is 40. The number of allylic oxidation sites excluding steroid dienone is 14. The highest BCUT2D eigenvalue weighted by molar-refractivity contribution is 5.71. The Balaban J connectivity index is 4.37. The standard InChI is InChI=1S/C76H134O6/c1-4-7-10-13-16-19-22-25-28-31-34-36-38-40-42-45-48-51-54-57-60-63-66-69-75(78)81-72-73(71-80-74(77)68-65-62-59-56-53-50-47-44-41-33-30-27-24-21-18-15-12-9-6-3)82-76(79)70-67-64-61-58-55-52-49-46-43-39-37-35-32-29-26-23-20-17-14-11-8-5-2/h7,10,16,18-19,21,25,27-28,30,34,36,41,44,73H,4-6,8-9,11-15,17,20,22-24,26,29,31-33,35,37-40,42-43,45-72H2,1-3H3/b10-7-,19-16-,21-18-,28-25-,30-27-,36-34-,44-41-. The van der Waals surface area contributed by atoms with Gasteiger partial charge in [0.2, 0.25) is 0 Å². The van der Waals surface area contributed by atoms with Crippen LogP contribution in [-0.2, 0) is 28.6 Å². The predicted molar refractivity (Wildman–Crippen MR) is 358 cm³/mol. The first-order valence-corrected chi connectivity index (χ1v) is 35.6. The molecule has 0 radical (unpaired) electrons. The van der Waals surface area contributed by atoms with E-state index in [9.17, 15) is 14.4 Å². The predicted octanol–water partition coefficient (Wildman–Crippen LogP) is 24.6. The summed E-state index contributed by atoms with van der Waals surface area (Å²) < 4.78 is 17.0. The number of esters is 3. The van der Waals surface area contributed by atoms with Gasteiger partial charge in [0, 0.05) is 19.3 Å². The molecular formula is C76H134O6. The lowest BCUT2D eigenvalue weighted by Gasteiger charge is -2.18. The van der Waals surface area contributed by atoms with Crippen LogP contribution in [0.1, 0.15) is 361 Å². The third kappa shape index (κ3) is 67.4. The highest BCUT2D eigenvalue weighted by Gasteiger charge is 2.19. The number of carbonyl (C=O) groups excluding carboxylic acids is 3. The first kappa shape index (κ1) is 78.6. The minimum atomic E-state index is -0.785. The van der Waals surface area contributed by atoms with Crippen LogP contribution in [0.15, 0.2) is 85.1 Å². The zero-order valence-electron chi connectivity index (χ0n) is 54.5. The van der Waals surface area contributed by atoms with Crippen LogP contribution in [0, 0.1) is 0 Å². The Labute approximate surface area is 509 Å². The smallest absolute Gasteiger partial charge is 0.306 e. The lowest BCUT2D eigenvalue weighted by Crippen LogP contribution is -2.30. The Morgan fingerprint density at radius 3 is 0.768 bits per heavy atom. The molecular weight excluding hydrogens is 1010 g/mol. The van der Waals surface area contributed by atoms with Crippen molar-refractivity contribution in [2.75, 3.05) is 13.2 Å². The van der Waals surface area contributed by atoms with Crippen molar-refractivity contribution in [3.63, 3.8) is 0 Å². The maximum atomic E-state index is 13.0. The molecule has 0 aliphatic heterocycles. The van der Waals surface area contributed by atoms with Crippen molar-refractivity contribution in [3.8, 4) is 0 Å². The van der Waals surface area contributed by atoms with Crippen LogP contribution in [0.4, 0.5) is 0 Å². The topological polar surface area (TPSA) is 78.9 Å². The Bertz CT molecular complexity index is 1550. The van der Waals surface area contributed by atoms with Crippen molar-refractivity contribution in [1.29, 1.82) is 0 Å². The molecule has 6 heteroatoms. The number of rotatable bonds is 65. The van der Waals surface area contributed by atoms with E-state index in [2.05, 4.69) is 106 Å². The van der Waals surface area contributed by atoms with Gasteiger partial charge in [0.05, 0.1) is 0 Å². The molecule has 0 heterocycles. The zero-order chi connectivity index (χ0) is 59.2. The Hall–Kier alpha value is -3.41. The number of hydrogen-bond donors (Lipinski definition) is 0. The molecule has 6 nitrogen and oxygen atoms in total. The summed E-state index contributed by atoms with van der Waals surface area (Å²) in [5, 5.41) is 0. The van der Waals surface area contributed by atoms with Crippen LogP contribution < -0.4 is 0 Å². The highest BCUT2D eigenvalue weighted by atomic mass is 16.6. The molecule has 0 amide bonds. The molecule has 0 aromatic rings. The quantitative estimate of drug-likeness (QED) is 0.0261. The van der Waals surface area contributed by atoms with Crippen LogP contribution in [0.25, 0.3) is 0 Å². The monoisotopic (exact) mass is 1140 g/mol. The summed E-state index contributed by atoms with van der Waals surface area (Å²) in [6.07, 6.45) is 93.1. The molecule has 0 aliphatic rings. The molecule has 82 heavy (non-hydrogen) atoms. The average molecular weight is 1140 g/mol. The number of carbonyl (C=O) groups is 3. The van der Waals surface area contributed by atoms with Gasteiger partial charge in [-0.1, -0.05) is 331 Å². The molecule has 0 bridgehead atoms. The Kier molecular flexibility index (Phi) is 67.2. The fraction of sp³-hybridized carbons (Fsp3) is 0.776. The number of hydrogen-bond acceptors (Lipinski definition) is 6. The molecule has 0 aromatic carbocycles. The summed E-state index contributed by atoms with van der Waals surface area (Å²) in [4.78, 5) is 38.5. The normalized spacial score (nSPS) is 12.6. The van der Waals surface area contributed by atoms with Crippen molar-refractivity contribution >= 4 is 17.9 Å². The lowest BCUT2D eigenvalue weighted by atomic mass is 10.0. The summed E-state index contributed by atoms with van der Waals surface area (Å²) in [5.74, 6) is -0.875. The van der Waals surface area contributed by atoms with Crippen LogP contribution in [0.5, 0.6) is 0 Å². The SMILES string of the molecule is CC/C=C\C/C=C\C/C=C\C/C=C\CCCCCCCCCCCCC(=O)OCC(COC(=O)CCCCCCCC/C=C\C/C=C\C/C=C\CCCCC)OC(=O)CCCCCCCCCCCCCCCCCCCCCCCC. The fourth-order valence-corrected chi connectivity index (χ4v) is 10.3. The van der Waals surface area contributed by atoms with E-state index in [1.165, 1.54) is 218 Å². The summed E-state index contributed by atoms with van der Waals surface area (Å²) in [6, 6.07) is 0. The van der Waals surface area contributed by atoms with Crippen molar-refractivity contribution in [3.05, 3.63) is 85.1 Å². The Morgan fingerprint density at radius 1 is 0.256 bits per heavy atom. The summed E-state index contributed by atoms with van der Waals surface area (Å²) in [5.41, 5.74) is 0. The van der Waals surface area contributed by atoms with E-state index >= 15 is 0 Å². The van der Waals surface area contributed by atoms with E-state index in [0.717, 1.165) is 103 Å². The summed E-state index contributed by atoms with van der Waals surface area (Å²) in [7, 11) is 0. The molecule has 0 aromatic heterocycles. The lowest BCUT2D eigenvalue weighted by molar-refractivity contribution is -0.167. The van der Waals surface area contributed by atoms with Gasteiger partial charge in [-0.15, -0.1) is 0 Å². The van der Waals surface area contributed by atoms with Gasteiger partial charge in [0.1, 0.15) is 13.2 Å². The van der Waals surface area contributed by atoms with Crippen LogP contribution >= 0.6 is 0 Å². The maximum absolute atomic E-state index is 13.0. The van der Waals surface area contributed by atoms with Gasteiger partial charge in [0.25, 0.3) is 0 Å². The molecule has 0 spiro atoms. The third-order valence-corrected chi connectivity index (χ3v) is 15.6. The van der Waals surface area contributed by atoms with Crippen molar-refractivity contribution < 1.29 is 28.6 Å². The largest absolute Gasteiger partial charge is 0.462 e. The molecule has 0 aliphatic carbocycles. The van der Waals surface area contributed by atoms with Crippen molar-refractivity contribution in [2.45, 2.75) is 367 Å². The van der Waals surface area contributed by atoms with E-state index in [-0.39, 0.29) is 31.1 Å². The first-order chi connectivity index (χ1) is 40.5. The molecule has 0 saturated carbocycles. The first-order valence-electron chi connectivity index (χ1n) is 35.6. The van der Waals surface area contributed by atoms with Crippen molar-refractivity contribution in [2.24, 2.45) is 0 Å².